The molecule has 0 bridgehead atoms. The van der Waals surface area contributed by atoms with E-state index in [-0.39, 0.29) is 0 Å². The molecule has 0 saturated carbocycles. The molecule has 2 rings (SSSR count). The van der Waals surface area contributed by atoms with E-state index in [0.717, 1.165) is 36.5 Å². The average molecular weight is 206 g/mol. The Morgan fingerprint density at radius 3 is 2.80 bits per heavy atom. The highest BCUT2D eigenvalue weighted by atomic mass is 16.5. The van der Waals surface area contributed by atoms with Gasteiger partial charge in [0.25, 0.3) is 0 Å². The molecule has 82 valence electrons. The van der Waals surface area contributed by atoms with Crippen LogP contribution in [0.4, 0.5) is 5.69 Å². The molecule has 3 heteroatoms. The molecule has 0 aromatic heterocycles. The van der Waals surface area contributed by atoms with Crippen molar-refractivity contribution in [2.75, 3.05) is 25.9 Å². The Bertz CT molecular complexity index is 331. The molecule has 0 unspecified atom stereocenters. The van der Waals surface area contributed by atoms with E-state index in [9.17, 15) is 0 Å². The van der Waals surface area contributed by atoms with Crippen LogP contribution < -0.4 is 10.5 Å². The quantitative estimate of drug-likeness (QED) is 0.748. The van der Waals surface area contributed by atoms with Gasteiger partial charge in [-0.25, -0.2) is 0 Å². The Labute approximate surface area is 90.8 Å². The van der Waals surface area contributed by atoms with Crippen molar-refractivity contribution in [3.05, 3.63) is 23.8 Å². The number of ether oxygens (including phenoxy) is 1. The van der Waals surface area contributed by atoms with Gasteiger partial charge < -0.3 is 15.4 Å². The van der Waals surface area contributed by atoms with Gasteiger partial charge in [0.2, 0.25) is 0 Å². The van der Waals surface area contributed by atoms with Gasteiger partial charge in [0.15, 0.2) is 0 Å². The number of hydrogen-bond acceptors (Lipinski definition) is 3. The first kappa shape index (κ1) is 10.3. The zero-order valence-electron chi connectivity index (χ0n) is 9.36. The van der Waals surface area contributed by atoms with Gasteiger partial charge in [-0.15, -0.1) is 0 Å². The number of nitrogens with zero attached hydrogens (tertiary/aromatic N) is 1. The van der Waals surface area contributed by atoms with E-state index >= 15 is 0 Å². The van der Waals surface area contributed by atoms with Crippen LogP contribution in [0.15, 0.2) is 18.2 Å². The van der Waals surface area contributed by atoms with E-state index in [1.807, 2.05) is 25.1 Å². The second kappa shape index (κ2) is 4.11. The third-order valence-electron chi connectivity index (χ3n) is 2.72. The fourth-order valence-electron chi connectivity index (χ4n) is 2.03. The number of likely N-dealkylation sites (N-methyl/N-ethyl adjacent to an activating group) is 1. The lowest BCUT2D eigenvalue weighted by Crippen LogP contribution is -2.21. The van der Waals surface area contributed by atoms with Crippen LogP contribution in [0, 0.1) is 6.92 Å². The molecular formula is C12H18N2O. The van der Waals surface area contributed by atoms with Gasteiger partial charge >= 0.3 is 0 Å². The molecule has 0 spiro atoms. The maximum absolute atomic E-state index is 5.89. The lowest BCUT2D eigenvalue weighted by atomic mass is 10.2. The molecule has 1 heterocycles. The van der Waals surface area contributed by atoms with E-state index in [1.54, 1.807) is 0 Å². The number of anilines is 1. The smallest absolute Gasteiger partial charge is 0.122 e. The Morgan fingerprint density at radius 2 is 2.20 bits per heavy atom. The van der Waals surface area contributed by atoms with Crippen molar-refractivity contribution in [3.63, 3.8) is 0 Å². The van der Waals surface area contributed by atoms with Gasteiger partial charge in [-0.2, -0.15) is 0 Å². The van der Waals surface area contributed by atoms with Gasteiger partial charge in [-0.1, -0.05) is 0 Å². The highest BCUT2D eigenvalue weighted by molar-refractivity contribution is 5.47. The summed E-state index contributed by atoms with van der Waals surface area (Å²) in [4.78, 5) is 2.28. The number of benzene rings is 1. The minimum Gasteiger partial charge on any atom is -0.489 e. The molecule has 0 amide bonds. The summed E-state index contributed by atoms with van der Waals surface area (Å²) in [6.07, 6.45) is 1.42. The van der Waals surface area contributed by atoms with Gasteiger partial charge in [-0.3, -0.25) is 0 Å². The van der Waals surface area contributed by atoms with E-state index in [2.05, 4.69) is 11.9 Å². The molecule has 3 nitrogen and oxygen atoms in total. The zero-order valence-corrected chi connectivity index (χ0v) is 9.36. The lowest BCUT2D eigenvalue weighted by Gasteiger charge is -2.14. The molecule has 0 aliphatic carbocycles. The van der Waals surface area contributed by atoms with Crippen molar-refractivity contribution in [2.45, 2.75) is 19.4 Å². The monoisotopic (exact) mass is 206 g/mol. The number of aryl methyl sites for hydroxylation is 1. The molecule has 1 aliphatic rings. The molecule has 15 heavy (non-hydrogen) atoms. The summed E-state index contributed by atoms with van der Waals surface area (Å²) in [5.74, 6) is 0.896. The lowest BCUT2D eigenvalue weighted by molar-refractivity contribution is 0.208. The average Bonchev–Trinajstić information content (AvgIpc) is 2.49. The number of likely N-dealkylation sites (tertiary alicyclic amines) is 1. The van der Waals surface area contributed by atoms with Gasteiger partial charge in [0.05, 0.1) is 0 Å². The van der Waals surface area contributed by atoms with Crippen LogP contribution in [0.25, 0.3) is 0 Å². The summed E-state index contributed by atoms with van der Waals surface area (Å²) in [5, 5.41) is 0. The summed E-state index contributed by atoms with van der Waals surface area (Å²) < 4.78 is 5.89. The topological polar surface area (TPSA) is 38.5 Å². The number of hydrogen-bond donors (Lipinski definition) is 1. The van der Waals surface area contributed by atoms with Crippen LogP contribution in [0.2, 0.25) is 0 Å². The first-order valence-electron chi connectivity index (χ1n) is 5.36. The van der Waals surface area contributed by atoms with Gasteiger partial charge in [0, 0.05) is 24.8 Å². The predicted octanol–water partition coefficient (Wildman–Crippen LogP) is 1.66. The fraction of sp³-hybridized carbons (Fsp3) is 0.500. The first-order valence-corrected chi connectivity index (χ1v) is 5.36. The van der Waals surface area contributed by atoms with Crippen molar-refractivity contribution >= 4 is 5.69 Å². The summed E-state index contributed by atoms with van der Waals surface area (Å²) >= 11 is 0. The highest BCUT2D eigenvalue weighted by Crippen LogP contribution is 2.21. The van der Waals surface area contributed by atoms with E-state index in [1.165, 1.54) is 0 Å². The molecule has 2 N–H and O–H groups in total. The molecule has 1 saturated heterocycles. The minimum absolute atomic E-state index is 0.316. The molecule has 1 aliphatic heterocycles. The van der Waals surface area contributed by atoms with Crippen molar-refractivity contribution < 1.29 is 4.74 Å². The largest absolute Gasteiger partial charge is 0.489 e. The fourth-order valence-corrected chi connectivity index (χ4v) is 2.03. The Kier molecular flexibility index (Phi) is 2.82. The minimum atomic E-state index is 0.316. The summed E-state index contributed by atoms with van der Waals surface area (Å²) in [6, 6.07) is 5.88. The number of rotatable bonds is 2. The molecule has 1 aromatic rings. The SMILES string of the molecule is Cc1cc(N)cc(O[C@H]2CCN(C)C2)c1. The Morgan fingerprint density at radius 1 is 1.40 bits per heavy atom. The van der Waals surface area contributed by atoms with Crippen molar-refractivity contribution in [1.29, 1.82) is 0 Å². The maximum atomic E-state index is 5.89. The van der Waals surface area contributed by atoms with Gasteiger partial charge in [-0.05, 0) is 38.1 Å². The molecule has 0 radical (unpaired) electrons. The standard InChI is InChI=1S/C12H18N2O/c1-9-5-10(13)7-12(6-9)15-11-3-4-14(2)8-11/h5-7,11H,3-4,8,13H2,1-2H3/t11-/m0/s1. The summed E-state index contributed by atoms with van der Waals surface area (Å²) in [5.41, 5.74) is 7.69. The second-order valence-electron chi connectivity index (χ2n) is 4.37. The summed E-state index contributed by atoms with van der Waals surface area (Å²) in [6.45, 7) is 4.16. The normalized spacial score (nSPS) is 21.9. The zero-order chi connectivity index (χ0) is 10.8. The van der Waals surface area contributed by atoms with E-state index < -0.39 is 0 Å². The van der Waals surface area contributed by atoms with Crippen molar-refractivity contribution in [2.24, 2.45) is 0 Å². The number of nitrogen functional groups attached to an aromatic ring is 1. The molecule has 1 aromatic carbocycles. The van der Waals surface area contributed by atoms with Gasteiger partial charge in [0.1, 0.15) is 11.9 Å². The van der Waals surface area contributed by atoms with Crippen LogP contribution in [-0.2, 0) is 0 Å². The van der Waals surface area contributed by atoms with Crippen LogP contribution in [-0.4, -0.2) is 31.1 Å². The highest BCUT2D eigenvalue weighted by Gasteiger charge is 2.20. The van der Waals surface area contributed by atoms with Crippen molar-refractivity contribution in [1.82, 2.24) is 4.90 Å². The maximum Gasteiger partial charge on any atom is 0.122 e. The van der Waals surface area contributed by atoms with E-state index in [0.29, 0.717) is 6.10 Å². The van der Waals surface area contributed by atoms with Crippen LogP contribution >= 0.6 is 0 Å². The van der Waals surface area contributed by atoms with Crippen LogP contribution in [0.3, 0.4) is 0 Å². The summed E-state index contributed by atoms with van der Waals surface area (Å²) in [7, 11) is 2.12. The second-order valence-corrected chi connectivity index (χ2v) is 4.37. The Balaban J connectivity index is 2.04. The van der Waals surface area contributed by atoms with Crippen molar-refractivity contribution in [3.8, 4) is 5.75 Å². The Hall–Kier alpha value is -1.22. The predicted molar refractivity (Wildman–Crippen MR) is 62.1 cm³/mol. The number of nitrogens with two attached hydrogens (primary N) is 1. The molecule has 1 fully saturated rings. The van der Waals surface area contributed by atoms with Crippen LogP contribution in [0.5, 0.6) is 5.75 Å². The molecular weight excluding hydrogens is 188 g/mol. The third kappa shape index (κ3) is 2.63. The van der Waals surface area contributed by atoms with Crippen LogP contribution in [0.1, 0.15) is 12.0 Å². The molecule has 1 atom stereocenters. The third-order valence-corrected chi connectivity index (χ3v) is 2.72. The van der Waals surface area contributed by atoms with E-state index in [4.69, 9.17) is 10.5 Å². The first-order chi connectivity index (χ1) is 7.13.